The molecule has 0 rings (SSSR count). The molecule has 0 spiro atoms. The average Bonchev–Trinajstić information content (AvgIpc) is 2.19. The zero-order valence-electron chi connectivity index (χ0n) is 9.06. The van der Waals surface area contributed by atoms with Crippen LogP contribution in [0.15, 0.2) is 0 Å². The molecule has 0 aliphatic heterocycles. The molecule has 0 unspecified atom stereocenters. The summed E-state index contributed by atoms with van der Waals surface area (Å²) in [6.45, 7) is 1.75. The van der Waals surface area contributed by atoms with Gasteiger partial charge in [0.15, 0.2) is 0 Å². The summed E-state index contributed by atoms with van der Waals surface area (Å²) in [5.41, 5.74) is 0. The maximum absolute atomic E-state index is 11.7. The van der Waals surface area contributed by atoms with Crippen LogP contribution in [0, 0.1) is 0 Å². The molecule has 0 saturated heterocycles. The van der Waals surface area contributed by atoms with Crippen LogP contribution in [0.3, 0.4) is 0 Å². The van der Waals surface area contributed by atoms with Crippen LogP contribution in [0.4, 0.5) is 4.79 Å². The topological polar surface area (TPSA) is 87.0 Å². The van der Waals surface area contributed by atoms with Gasteiger partial charge in [-0.15, -0.1) is 0 Å². The smallest absolute Gasteiger partial charge is 0.420 e. The molecule has 0 fully saturated rings. The van der Waals surface area contributed by atoms with Crippen molar-refractivity contribution in [3.8, 4) is 0 Å². The zero-order chi connectivity index (χ0) is 11.7. The van der Waals surface area contributed by atoms with E-state index in [2.05, 4.69) is 0 Å². The molecule has 0 heterocycles. The van der Waals surface area contributed by atoms with Gasteiger partial charge in [-0.05, 0) is 6.92 Å². The number of amides is 1. The molecule has 3 N–H and O–H groups in total. The first-order valence-corrected chi connectivity index (χ1v) is 5.03. The van der Waals surface area contributed by atoms with Gasteiger partial charge in [-0.1, -0.05) is 0 Å². The molecule has 0 radical (unpaired) electrons. The van der Waals surface area contributed by atoms with Gasteiger partial charge in [-0.25, -0.2) is 4.48 Å². The highest BCUT2D eigenvalue weighted by atomic mass is 16.6. The molecule has 0 saturated carbocycles. The van der Waals surface area contributed by atoms with E-state index in [1.165, 1.54) is 0 Å². The SMILES string of the molecule is CCOC(=O)[N+](CCO)(CCO)CCO. The number of hydrogen-bond donors (Lipinski definition) is 3. The van der Waals surface area contributed by atoms with Crippen LogP contribution in [-0.2, 0) is 4.74 Å². The second-order valence-corrected chi connectivity index (χ2v) is 3.19. The van der Waals surface area contributed by atoms with Gasteiger partial charge in [0.2, 0.25) is 0 Å². The van der Waals surface area contributed by atoms with Crippen molar-refractivity contribution < 1.29 is 29.3 Å². The van der Waals surface area contributed by atoms with Gasteiger partial charge in [0, 0.05) is 0 Å². The summed E-state index contributed by atoms with van der Waals surface area (Å²) >= 11 is 0. The number of quaternary nitrogens is 1. The minimum Gasteiger partial charge on any atom is -0.420 e. The Labute approximate surface area is 89.3 Å². The van der Waals surface area contributed by atoms with Gasteiger partial charge in [-0.2, -0.15) is 4.79 Å². The van der Waals surface area contributed by atoms with Gasteiger partial charge < -0.3 is 20.1 Å². The number of aliphatic hydroxyl groups is 3. The Hall–Kier alpha value is -0.690. The van der Waals surface area contributed by atoms with E-state index in [9.17, 15) is 4.79 Å². The molecule has 0 bridgehead atoms. The molecule has 0 aromatic rings. The summed E-state index contributed by atoms with van der Waals surface area (Å²) in [5, 5.41) is 26.7. The van der Waals surface area contributed by atoms with Gasteiger partial charge in [-0.3, -0.25) is 0 Å². The normalized spacial score (nSPS) is 11.5. The van der Waals surface area contributed by atoms with Crippen LogP contribution in [-0.4, -0.2) is 72.0 Å². The van der Waals surface area contributed by atoms with E-state index in [-0.39, 0.29) is 50.5 Å². The summed E-state index contributed by atoms with van der Waals surface area (Å²) in [6, 6.07) is 0. The summed E-state index contributed by atoms with van der Waals surface area (Å²) in [4.78, 5) is 11.7. The van der Waals surface area contributed by atoms with Crippen molar-refractivity contribution in [2.45, 2.75) is 6.92 Å². The minimum atomic E-state index is -0.519. The number of nitrogens with zero attached hydrogens (tertiary/aromatic N) is 1. The zero-order valence-corrected chi connectivity index (χ0v) is 9.06. The quantitative estimate of drug-likeness (QED) is 0.478. The summed E-state index contributed by atoms with van der Waals surface area (Å²) < 4.78 is 4.63. The van der Waals surface area contributed by atoms with Crippen molar-refractivity contribution in [3.05, 3.63) is 0 Å². The van der Waals surface area contributed by atoms with Crippen molar-refractivity contribution >= 4 is 6.09 Å². The molecule has 0 aromatic heterocycles. The number of ether oxygens (including phenoxy) is 1. The molecule has 1 amide bonds. The Morgan fingerprint density at radius 1 is 1.07 bits per heavy atom. The number of aliphatic hydroxyl groups excluding tert-OH is 3. The van der Waals surface area contributed by atoms with Gasteiger partial charge in [0.1, 0.15) is 19.6 Å². The molecule has 90 valence electrons. The molecule has 0 aromatic carbocycles. The van der Waals surface area contributed by atoms with Crippen LogP contribution >= 0.6 is 0 Å². The van der Waals surface area contributed by atoms with E-state index < -0.39 is 6.09 Å². The third-order valence-corrected chi connectivity index (χ3v) is 2.24. The largest absolute Gasteiger partial charge is 0.516 e. The van der Waals surface area contributed by atoms with Gasteiger partial charge in [0.05, 0.1) is 26.4 Å². The Morgan fingerprint density at radius 2 is 1.47 bits per heavy atom. The third kappa shape index (κ3) is 4.13. The fraction of sp³-hybridized carbons (Fsp3) is 0.889. The van der Waals surface area contributed by atoms with Crippen molar-refractivity contribution in [3.63, 3.8) is 0 Å². The van der Waals surface area contributed by atoms with Gasteiger partial charge >= 0.3 is 6.09 Å². The standard InChI is InChI=1S/C9H20NO5/c1-2-15-9(14)10(3-6-11,4-7-12)5-8-13/h11-13H,2-8H2,1H3/q+1. The third-order valence-electron chi connectivity index (χ3n) is 2.24. The second kappa shape index (κ2) is 7.58. The predicted octanol–water partition coefficient (Wildman–Crippen LogP) is -1.06. The number of hydrogen-bond acceptors (Lipinski definition) is 5. The molecular formula is C9H20NO5+. The summed E-state index contributed by atoms with van der Waals surface area (Å²) in [5.74, 6) is 0. The number of rotatable bonds is 7. The monoisotopic (exact) mass is 222 g/mol. The van der Waals surface area contributed by atoms with E-state index >= 15 is 0 Å². The molecule has 6 nitrogen and oxygen atoms in total. The predicted molar refractivity (Wildman–Crippen MR) is 53.1 cm³/mol. The first-order chi connectivity index (χ1) is 7.16. The molecule has 0 aliphatic carbocycles. The fourth-order valence-corrected chi connectivity index (χ4v) is 1.44. The first-order valence-electron chi connectivity index (χ1n) is 5.03. The lowest BCUT2D eigenvalue weighted by Gasteiger charge is -2.32. The lowest BCUT2D eigenvalue weighted by Crippen LogP contribution is -2.57. The first kappa shape index (κ1) is 14.3. The van der Waals surface area contributed by atoms with Gasteiger partial charge in [0.25, 0.3) is 0 Å². The van der Waals surface area contributed by atoms with E-state index in [4.69, 9.17) is 20.1 Å². The van der Waals surface area contributed by atoms with Crippen LogP contribution in [0.5, 0.6) is 0 Å². The van der Waals surface area contributed by atoms with E-state index in [0.717, 1.165) is 0 Å². The Bertz CT molecular complexity index is 168. The number of carbonyl (C=O) groups excluding carboxylic acids is 1. The van der Waals surface area contributed by atoms with Crippen LogP contribution in [0.1, 0.15) is 6.92 Å². The Morgan fingerprint density at radius 3 is 1.73 bits per heavy atom. The van der Waals surface area contributed by atoms with Crippen LogP contribution in [0.2, 0.25) is 0 Å². The van der Waals surface area contributed by atoms with Crippen molar-refractivity contribution in [2.24, 2.45) is 0 Å². The highest BCUT2D eigenvalue weighted by Crippen LogP contribution is 2.09. The van der Waals surface area contributed by atoms with Crippen LogP contribution < -0.4 is 0 Å². The second-order valence-electron chi connectivity index (χ2n) is 3.19. The summed E-state index contributed by atoms with van der Waals surface area (Å²) in [7, 11) is 0. The molecule has 0 aliphatic rings. The highest BCUT2D eigenvalue weighted by molar-refractivity contribution is 5.59. The van der Waals surface area contributed by atoms with Crippen LogP contribution in [0.25, 0.3) is 0 Å². The molecular weight excluding hydrogens is 202 g/mol. The fourth-order valence-electron chi connectivity index (χ4n) is 1.44. The highest BCUT2D eigenvalue weighted by Gasteiger charge is 2.37. The number of carbonyl (C=O) groups is 1. The maximum Gasteiger partial charge on any atom is 0.516 e. The Balaban J connectivity index is 4.65. The minimum absolute atomic E-state index is 0.139. The van der Waals surface area contributed by atoms with Crippen molar-refractivity contribution in [1.29, 1.82) is 0 Å². The van der Waals surface area contributed by atoms with E-state index in [1.54, 1.807) is 6.92 Å². The maximum atomic E-state index is 11.7. The lowest BCUT2D eigenvalue weighted by molar-refractivity contribution is -0.859. The van der Waals surface area contributed by atoms with E-state index in [0.29, 0.717) is 0 Å². The average molecular weight is 222 g/mol. The van der Waals surface area contributed by atoms with E-state index in [1.807, 2.05) is 0 Å². The molecule has 0 atom stereocenters. The van der Waals surface area contributed by atoms with Crippen molar-refractivity contribution in [2.75, 3.05) is 46.1 Å². The Kier molecular flexibility index (Phi) is 7.23. The molecule has 15 heavy (non-hydrogen) atoms. The lowest BCUT2D eigenvalue weighted by atomic mass is 10.3. The molecule has 6 heteroatoms. The van der Waals surface area contributed by atoms with Crippen molar-refractivity contribution in [1.82, 2.24) is 0 Å². The summed E-state index contributed by atoms with van der Waals surface area (Å²) in [6.07, 6.45) is -0.519.